The van der Waals surface area contributed by atoms with E-state index in [1.807, 2.05) is 0 Å². The first-order chi connectivity index (χ1) is 9.15. The number of benzene rings is 1. The summed E-state index contributed by atoms with van der Waals surface area (Å²) in [6.45, 7) is 0.685. The van der Waals surface area contributed by atoms with Crippen molar-refractivity contribution < 1.29 is 13.6 Å². The van der Waals surface area contributed by atoms with Crippen LogP contribution in [-0.4, -0.2) is 24.3 Å². The number of amides is 1. The summed E-state index contributed by atoms with van der Waals surface area (Å²) in [6.07, 6.45) is 2.13. The van der Waals surface area contributed by atoms with E-state index in [4.69, 9.17) is 0 Å². The van der Waals surface area contributed by atoms with E-state index in [1.54, 1.807) is 24.3 Å². The van der Waals surface area contributed by atoms with Crippen LogP contribution in [0.5, 0.6) is 0 Å². The van der Waals surface area contributed by atoms with Crippen molar-refractivity contribution in [1.29, 1.82) is 0 Å². The highest BCUT2D eigenvalue weighted by atomic mass is 32.2. The van der Waals surface area contributed by atoms with Gasteiger partial charge in [0.05, 0.1) is 0 Å². The number of anilines is 1. The molecule has 0 radical (unpaired) electrons. The number of thioether (sulfide) groups is 1. The largest absolute Gasteiger partial charge is 0.381 e. The fourth-order valence-corrected chi connectivity index (χ4v) is 2.71. The van der Waals surface area contributed by atoms with Gasteiger partial charge in [0, 0.05) is 29.6 Å². The SMILES string of the molecule is O=C1CC(Nc2ccccc2SC(F)F)CCCN1. The summed E-state index contributed by atoms with van der Waals surface area (Å²) < 4.78 is 25.0. The monoisotopic (exact) mass is 286 g/mol. The van der Waals surface area contributed by atoms with E-state index in [9.17, 15) is 13.6 Å². The van der Waals surface area contributed by atoms with Gasteiger partial charge in [0.1, 0.15) is 0 Å². The van der Waals surface area contributed by atoms with Gasteiger partial charge in [0.15, 0.2) is 0 Å². The summed E-state index contributed by atoms with van der Waals surface area (Å²) in [5.74, 6) is -2.44. The fourth-order valence-electron chi connectivity index (χ4n) is 2.10. The fraction of sp³-hybridized carbons (Fsp3) is 0.462. The van der Waals surface area contributed by atoms with Crippen molar-refractivity contribution in [1.82, 2.24) is 5.32 Å². The van der Waals surface area contributed by atoms with Crippen LogP contribution < -0.4 is 10.6 Å². The van der Waals surface area contributed by atoms with E-state index < -0.39 is 5.76 Å². The second-order valence-corrected chi connectivity index (χ2v) is 5.44. The molecule has 0 bridgehead atoms. The summed E-state index contributed by atoms with van der Waals surface area (Å²) in [4.78, 5) is 12.0. The standard InChI is InChI=1S/C13H16F2N2OS/c14-13(15)19-11-6-2-1-5-10(11)17-9-4-3-7-16-12(18)8-9/h1-2,5-6,9,13,17H,3-4,7-8H2,(H,16,18). The number of rotatable bonds is 4. The molecule has 1 atom stereocenters. The maximum atomic E-state index is 12.5. The van der Waals surface area contributed by atoms with Crippen molar-refractivity contribution in [3.8, 4) is 0 Å². The van der Waals surface area contributed by atoms with Gasteiger partial charge in [-0.15, -0.1) is 0 Å². The number of nitrogens with one attached hydrogen (secondary N) is 2. The van der Waals surface area contributed by atoms with Gasteiger partial charge in [0.2, 0.25) is 5.91 Å². The van der Waals surface area contributed by atoms with Crippen molar-refractivity contribution in [2.24, 2.45) is 0 Å². The highest BCUT2D eigenvalue weighted by Crippen LogP contribution is 2.32. The number of para-hydroxylation sites is 1. The lowest BCUT2D eigenvalue weighted by molar-refractivity contribution is -0.120. The van der Waals surface area contributed by atoms with E-state index in [2.05, 4.69) is 10.6 Å². The van der Waals surface area contributed by atoms with E-state index in [0.717, 1.165) is 12.8 Å². The lowest BCUT2D eigenvalue weighted by Gasteiger charge is -2.18. The number of hydrogen-bond donors (Lipinski definition) is 2. The van der Waals surface area contributed by atoms with Gasteiger partial charge >= 0.3 is 0 Å². The van der Waals surface area contributed by atoms with Gasteiger partial charge in [-0.3, -0.25) is 4.79 Å². The Labute approximate surface area is 115 Å². The van der Waals surface area contributed by atoms with Crippen molar-refractivity contribution in [3.05, 3.63) is 24.3 Å². The predicted molar refractivity (Wildman–Crippen MR) is 72.6 cm³/mol. The lowest BCUT2D eigenvalue weighted by Crippen LogP contribution is -2.27. The first-order valence-electron chi connectivity index (χ1n) is 6.22. The molecule has 1 fully saturated rings. The van der Waals surface area contributed by atoms with Crippen LogP contribution in [0.15, 0.2) is 29.2 Å². The van der Waals surface area contributed by atoms with Gasteiger partial charge in [-0.25, -0.2) is 0 Å². The molecule has 2 N–H and O–H groups in total. The number of hydrogen-bond acceptors (Lipinski definition) is 3. The summed E-state index contributed by atoms with van der Waals surface area (Å²) >= 11 is 0.523. The van der Waals surface area contributed by atoms with E-state index >= 15 is 0 Å². The molecule has 1 amide bonds. The van der Waals surface area contributed by atoms with Crippen molar-refractivity contribution in [3.63, 3.8) is 0 Å². The normalized spacial score (nSPS) is 19.9. The van der Waals surface area contributed by atoms with E-state index in [1.165, 1.54) is 0 Å². The quantitative estimate of drug-likeness (QED) is 0.836. The summed E-state index contributed by atoms with van der Waals surface area (Å²) in [6, 6.07) is 6.97. The molecule has 2 rings (SSSR count). The average Bonchev–Trinajstić information content (AvgIpc) is 2.55. The number of alkyl halides is 2. The molecule has 6 heteroatoms. The number of halogens is 2. The molecule has 3 nitrogen and oxygen atoms in total. The molecule has 1 aliphatic rings. The molecule has 0 spiro atoms. The van der Waals surface area contributed by atoms with Gasteiger partial charge in [-0.1, -0.05) is 23.9 Å². The molecule has 1 aromatic rings. The Bertz CT molecular complexity index is 442. The smallest absolute Gasteiger partial charge is 0.288 e. The zero-order valence-electron chi connectivity index (χ0n) is 10.4. The Morgan fingerprint density at radius 1 is 1.37 bits per heavy atom. The Morgan fingerprint density at radius 2 is 2.16 bits per heavy atom. The van der Waals surface area contributed by atoms with Crippen molar-refractivity contribution >= 4 is 23.4 Å². The zero-order chi connectivity index (χ0) is 13.7. The maximum absolute atomic E-state index is 12.5. The minimum absolute atomic E-state index is 0.00178. The third-order valence-electron chi connectivity index (χ3n) is 2.95. The molecule has 1 unspecified atom stereocenters. The third kappa shape index (κ3) is 4.38. The highest BCUT2D eigenvalue weighted by molar-refractivity contribution is 7.99. The van der Waals surface area contributed by atoms with Crippen LogP contribution in [0, 0.1) is 0 Å². The maximum Gasteiger partial charge on any atom is 0.288 e. The average molecular weight is 286 g/mol. The van der Waals surface area contributed by atoms with Gasteiger partial charge in [-0.2, -0.15) is 8.78 Å². The predicted octanol–water partition coefficient (Wildman–Crippen LogP) is 3.08. The Hall–Kier alpha value is -1.30. The molecular formula is C13H16F2N2OS. The minimum atomic E-state index is -2.44. The van der Waals surface area contributed by atoms with Crippen molar-refractivity contribution in [2.45, 2.75) is 36.0 Å². The molecule has 1 heterocycles. The van der Waals surface area contributed by atoms with E-state index in [-0.39, 0.29) is 11.9 Å². The first-order valence-corrected chi connectivity index (χ1v) is 7.10. The van der Waals surface area contributed by atoms with Crippen molar-refractivity contribution in [2.75, 3.05) is 11.9 Å². The number of carbonyl (C=O) groups is 1. The zero-order valence-corrected chi connectivity index (χ0v) is 11.2. The van der Waals surface area contributed by atoms with Gasteiger partial charge in [-0.05, 0) is 25.0 Å². The Morgan fingerprint density at radius 3 is 2.95 bits per heavy atom. The third-order valence-corrected chi connectivity index (χ3v) is 3.73. The highest BCUT2D eigenvalue weighted by Gasteiger charge is 2.18. The molecule has 1 aliphatic heterocycles. The summed E-state index contributed by atoms with van der Waals surface area (Å²) in [5.41, 5.74) is 0.674. The van der Waals surface area contributed by atoms with Crippen LogP contribution >= 0.6 is 11.8 Å². The molecular weight excluding hydrogens is 270 g/mol. The van der Waals surface area contributed by atoms with Gasteiger partial charge in [0.25, 0.3) is 5.76 Å². The van der Waals surface area contributed by atoms with Crippen LogP contribution in [0.1, 0.15) is 19.3 Å². The summed E-state index contributed by atoms with van der Waals surface area (Å²) in [7, 11) is 0. The molecule has 1 aromatic carbocycles. The topological polar surface area (TPSA) is 41.1 Å². The number of carbonyl (C=O) groups excluding carboxylic acids is 1. The van der Waals surface area contributed by atoms with Crippen LogP contribution in [0.25, 0.3) is 0 Å². The van der Waals surface area contributed by atoms with Crippen LogP contribution in [0.3, 0.4) is 0 Å². The molecule has 0 aliphatic carbocycles. The lowest BCUT2D eigenvalue weighted by atomic mass is 10.1. The molecule has 1 saturated heterocycles. The molecule has 0 aromatic heterocycles. The Balaban J connectivity index is 2.07. The second kappa shape index (κ2) is 6.75. The summed E-state index contributed by atoms with van der Waals surface area (Å²) in [5, 5.41) is 6.01. The molecule has 104 valence electrons. The first kappa shape index (κ1) is 14.1. The van der Waals surface area contributed by atoms with Crippen LogP contribution in [-0.2, 0) is 4.79 Å². The van der Waals surface area contributed by atoms with E-state index in [0.29, 0.717) is 35.3 Å². The Kier molecular flexibility index (Phi) is 5.01. The van der Waals surface area contributed by atoms with Crippen LogP contribution in [0.4, 0.5) is 14.5 Å². The second-order valence-electron chi connectivity index (χ2n) is 4.41. The van der Waals surface area contributed by atoms with Gasteiger partial charge < -0.3 is 10.6 Å². The minimum Gasteiger partial charge on any atom is -0.381 e. The van der Waals surface area contributed by atoms with Crippen LogP contribution in [0.2, 0.25) is 0 Å². The molecule has 19 heavy (non-hydrogen) atoms. The molecule has 0 saturated carbocycles.